The molecule has 0 bridgehead atoms. The number of carbonyl (C=O) groups is 1. The molecule has 0 aromatic carbocycles. The van der Waals surface area contributed by atoms with Crippen LogP contribution in [-0.2, 0) is 18.4 Å². The Labute approximate surface area is 135 Å². The molecule has 2 aliphatic rings. The average Bonchev–Trinajstić information content (AvgIpc) is 3.07. The van der Waals surface area contributed by atoms with Gasteiger partial charge in [-0.25, -0.2) is 0 Å². The Hall–Kier alpha value is -2.08. The van der Waals surface area contributed by atoms with Gasteiger partial charge in [0.2, 0.25) is 5.91 Å². The Morgan fingerprint density at radius 3 is 2.87 bits per heavy atom. The molecule has 2 aromatic heterocycles. The minimum Gasteiger partial charge on any atom is -0.468 e. The van der Waals surface area contributed by atoms with E-state index in [-0.39, 0.29) is 18.0 Å². The van der Waals surface area contributed by atoms with Crippen LogP contribution in [0.5, 0.6) is 0 Å². The fourth-order valence-electron chi connectivity index (χ4n) is 3.58. The predicted octanol–water partition coefficient (Wildman–Crippen LogP) is 2.00. The first-order valence-electron chi connectivity index (χ1n) is 8.29. The van der Waals surface area contributed by atoms with Crippen LogP contribution in [0.3, 0.4) is 0 Å². The summed E-state index contributed by atoms with van der Waals surface area (Å²) in [6.45, 7) is 0.679. The summed E-state index contributed by atoms with van der Waals surface area (Å²) < 4.78 is 7.31. The molecule has 1 saturated heterocycles. The van der Waals surface area contributed by atoms with Crippen molar-refractivity contribution in [3.05, 3.63) is 42.1 Å². The van der Waals surface area contributed by atoms with Crippen LogP contribution in [0.4, 0.5) is 0 Å². The average molecular weight is 314 g/mol. The number of carbonyl (C=O) groups excluding carboxylic acids is 1. The molecule has 23 heavy (non-hydrogen) atoms. The molecule has 122 valence electrons. The van der Waals surface area contributed by atoms with Gasteiger partial charge in [0.15, 0.2) is 0 Å². The van der Waals surface area contributed by atoms with E-state index in [0.29, 0.717) is 19.0 Å². The second kappa shape index (κ2) is 5.85. The Bertz CT molecular complexity index is 675. The maximum Gasteiger partial charge on any atom is 0.223 e. The lowest BCUT2D eigenvalue weighted by molar-refractivity contribution is -0.138. The Kier molecular flexibility index (Phi) is 3.69. The highest BCUT2D eigenvalue weighted by Crippen LogP contribution is 2.40. The third kappa shape index (κ3) is 2.79. The van der Waals surface area contributed by atoms with Gasteiger partial charge in [-0.05, 0) is 37.5 Å². The highest BCUT2D eigenvalue weighted by atomic mass is 16.3. The smallest absolute Gasteiger partial charge is 0.223 e. The van der Waals surface area contributed by atoms with Gasteiger partial charge in [-0.3, -0.25) is 9.48 Å². The lowest BCUT2D eigenvalue weighted by Gasteiger charge is -2.41. The van der Waals surface area contributed by atoms with Crippen LogP contribution in [0.15, 0.2) is 35.1 Å². The molecule has 1 N–H and O–H groups in total. The first-order chi connectivity index (χ1) is 11.2. The monoisotopic (exact) mass is 314 g/mol. The number of hydrogen-bond acceptors (Lipinski definition) is 4. The molecule has 4 rings (SSSR count). The van der Waals surface area contributed by atoms with Crippen molar-refractivity contribution in [2.45, 2.75) is 50.4 Å². The zero-order chi connectivity index (χ0) is 15.8. The van der Waals surface area contributed by atoms with Crippen molar-refractivity contribution < 1.29 is 9.21 Å². The lowest BCUT2D eigenvalue weighted by atomic mass is 9.92. The number of aryl methyl sites for hydroxylation is 1. The molecule has 6 nitrogen and oxygen atoms in total. The summed E-state index contributed by atoms with van der Waals surface area (Å²) in [7, 11) is 1.95. The maximum absolute atomic E-state index is 12.5. The van der Waals surface area contributed by atoms with Gasteiger partial charge in [0.25, 0.3) is 0 Å². The molecule has 0 unspecified atom stereocenters. The zero-order valence-corrected chi connectivity index (χ0v) is 13.3. The van der Waals surface area contributed by atoms with Crippen LogP contribution in [0.25, 0.3) is 0 Å². The van der Waals surface area contributed by atoms with Gasteiger partial charge in [-0.15, -0.1) is 0 Å². The lowest BCUT2D eigenvalue weighted by Crippen LogP contribution is -2.52. The molecular weight excluding hydrogens is 292 g/mol. The van der Waals surface area contributed by atoms with Crippen LogP contribution in [0.2, 0.25) is 0 Å². The molecular formula is C17H22N4O2. The van der Waals surface area contributed by atoms with Crippen molar-refractivity contribution in [2.24, 2.45) is 7.05 Å². The summed E-state index contributed by atoms with van der Waals surface area (Å²) in [6, 6.07) is 6.56. The van der Waals surface area contributed by atoms with Crippen LogP contribution in [-0.4, -0.2) is 32.7 Å². The summed E-state index contributed by atoms with van der Waals surface area (Å²) in [5, 5.41) is 7.90. The van der Waals surface area contributed by atoms with Crippen molar-refractivity contribution in [1.29, 1.82) is 0 Å². The fraction of sp³-hybridized carbons (Fsp3) is 0.529. The number of nitrogens with zero attached hydrogens (tertiary/aromatic N) is 3. The standard InChI is InChI=1S/C17H22N4O2/c1-20-15(8-9-19-20)17-14(18-11-13-3-2-10-23-13)6-7-16(22)21(17)12-4-5-12/h2-3,8-10,12,14,17-18H,4-7,11H2,1H3/t14-,17-/m1/s1. The first-order valence-corrected chi connectivity index (χ1v) is 8.29. The summed E-state index contributed by atoms with van der Waals surface area (Å²) >= 11 is 0. The molecule has 1 aliphatic carbocycles. The van der Waals surface area contributed by atoms with Crippen molar-refractivity contribution in [3.63, 3.8) is 0 Å². The summed E-state index contributed by atoms with van der Waals surface area (Å²) in [5.41, 5.74) is 1.10. The van der Waals surface area contributed by atoms with Gasteiger partial charge < -0.3 is 14.6 Å². The number of nitrogens with one attached hydrogen (secondary N) is 1. The molecule has 6 heteroatoms. The molecule has 3 heterocycles. The number of amides is 1. The number of piperidine rings is 1. The molecule has 1 amide bonds. The normalized spacial score (nSPS) is 25.1. The van der Waals surface area contributed by atoms with E-state index in [1.807, 2.05) is 36.1 Å². The van der Waals surface area contributed by atoms with E-state index in [2.05, 4.69) is 15.3 Å². The number of furan rings is 1. The Morgan fingerprint density at radius 2 is 2.22 bits per heavy atom. The number of rotatable bonds is 5. The van der Waals surface area contributed by atoms with E-state index in [1.165, 1.54) is 0 Å². The molecule has 1 aliphatic heterocycles. The van der Waals surface area contributed by atoms with E-state index in [1.54, 1.807) is 6.26 Å². The molecule has 0 radical (unpaired) electrons. The third-order valence-electron chi connectivity index (χ3n) is 4.86. The topological polar surface area (TPSA) is 63.3 Å². The van der Waals surface area contributed by atoms with Gasteiger partial charge in [0, 0.05) is 31.7 Å². The molecule has 0 spiro atoms. The van der Waals surface area contributed by atoms with Crippen LogP contribution < -0.4 is 5.32 Å². The fourth-order valence-corrected chi connectivity index (χ4v) is 3.58. The second-order valence-corrected chi connectivity index (χ2v) is 6.46. The van der Waals surface area contributed by atoms with Crippen LogP contribution in [0, 0.1) is 0 Å². The minimum absolute atomic E-state index is 0.0474. The number of aromatic nitrogens is 2. The molecule has 2 atom stereocenters. The van der Waals surface area contributed by atoms with Crippen LogP contribution in [0.1, 0.15) is 43.2 Å². The number of likely N-dealkylation sites (tertiary alicyclic amines) is 1. The highest BCUT2D eigenvalue weighted by Gasteiger charge is 2.45. The zero-order valence-electron chi connectivity index (χ0n) is 13.3. The summed E-state index contributed by atoms with van der Waals surface area (Å²) in [6.07, 6.45) is 7.19. The summed E-state index contributed by atoms with van der Waals surface area (Å²) in [4.78, 5) is 14.6. The van der Waals surface area contributed by atoms with E-state index in [4.69, 9.17) is 4.42 Å². The van der Waals surface area contributed by atoms with Gasteiger partial charge in [-0.1, -0.05) is 0 Å². The van der Waals surface area contributed by atoms with Gasteiger partial charge >= 0.3 is 0 Å². The Balaban J connectivity index is 1.60. The van der Waals surface area contributed by atoms with Crippen molar-refractivity contribution >= 4 is 5.91 Å². The minimum atomic E-state index is 0.0474. The van der Waals surface area contributed by atoms with Gasteiger partial charge in [-0.2, -0.15) is 5.10 Å². The second-order valence-electron chi connectivity index (χ2n) is 6.46. The molecule has 2 fully saturated rings. The van der Waals surface area contributed by atoms with E-state index < -0.39 is 0 Å². The van der Waals surface area contributed by atoms with E-state index in [0.717, 1.165) is 30.7 Å². The Morgan fingerprint density at radius 1 is 1.35 bits per heavy atom. The van der Waals surface area contributed by atoms with Crippen molar-refractivity contribution in [3.8, 4) is 0 Å². The quantitative estimate of drug-likeness (QED) is 0.917. The van der Waals surface area contributed by atoms with E-state index >= 15 is 0 Å². The largest absolute Gasteiger partial charge is 0.468 e. The van der Waals surface area contributed by atoms with E-state index in [9.17, 15) is 4.79 Å². The predicted molar refractivity (Wildman–Crippen MR) is 84.4 cm³/mol. The summed E-state index contributed by atoms with van der Waals surface area (Å²) in [5.74, 6) is 1.19. The first kappa shape index (κ1) is 14.5. The number of hydrogen-bond donors (Lipinski definition) is 1. The van der Waals surface area contributed by atoms with Crippen LogP contribution >= 0.6 is 0 Å². The highest BCUT2D eigenvalue weighted by molar-refractivity contribution is 5.78. The third-order valence-corrected chi connectivity index (χ3v) is 4.86. The van der Waals surface area contributed by atoms with Gasteiger partial charge in [0.1, 0.15) is 5.76 Å². The SMILES string of the molecule is Cn1nccc1[C@H]1[C@H](NCc2ccco2)CCC(=O)N1C1CC1. The van der Waals surface area contributed by atoms with Crippen molar-refractivity contribution in [2.75, 3.05) is 0 Å². The molecule has 1 saturated carbocycles. The van der Waals surface area contributed by atoms with Gasteiger partial charge in [0.05, 0.1) is 24.5 Å². The maximum atomic E-state index is 12.5. The van der Waals surface area contributed by atoms with Crippen molar-refractivity contribution in [1.82, 2.24) is 20.0 Å². The molecule has 2 aromatic rings.